The minimum absolute atomic E-state index is 0.0141. The van der Waals surface area contributed by atoms with Gasteiger partial charge in [0.15, 0.2) is 0 Å². The zero-order valence-corrected chi connectivity index (χ0v) is 10.2. The van der Waals surface area contributed by atoms with E-state index in [2.05, 4.69) is 10.6 Å². The summed E-state index contributed by atoms with van der Waals surface area (Å²) in [4.78, 5) is 11.1. The van der Waals surface area contributed by atoms with Gasteiger partial charge in [-0.05, 0) is 17.7 Å². The van der Waals surface area contributed by atoms with Crippen LogP contribution in [0.5, 0.6) is 0 Å². The third-order valence-electron chi connectivity index (χ3n) is 2.03. The molecule has 1 rings (SSSR count). The highest BCUT2D eigenvalue weighted by atomic mass is 32.2. The third-order valence-corrected chi connectivity index (χ3v) is 2.96. The molecule has 96 valence electrons. The molecule has 0 aliphatic carbocycles. The molecule has 0 bridgehead atoms. The third kappa shape index (κ3) is 4.40. The molecule has 2 amide bonds. The van der Waals surface area contributed by atoms with Gasteiger partial charge in [-0.15, -0.1) is 0 Å². The first-order chi connectivity index (χ1) is 8.43. The molecular formula is C10H12N4O3S. The lowest BCUT2D eigenvalue weighted by Crippen LogP contribution is -2.35. The second-order valence-corrected chi connectivity index (χ2v) is 4.94. The Bertz CT molecular complexity index is 560. The second kappa shape index (κ2) is 6.00. The smallest absolute Gasteiger partial charge is 0.315 e. The van der Waals surface area contributed by atoms with Gasteiger partial charge in [0.25, 0.3) is 0 Å². The van der Waals surface area contributed by atoms with E-state index < -0.39 is 16.1 Å². The Morgan fingerprint density at radius 3 is 2.39 bits per heavy atom. The van der Waals surface area contributed by atoms with Gasteiger partial charge in [-0.1, -0.05) is 12.1 Å². The molecule has 0 spiro atoms. The normalized spacial score (nSPS) is 10.4. The van der Waals surface area contributed by atoms with Gasteiger partial charge in [-0.2, -0.15) is 5.26 Å². The van der Waals surface area contributed by atoms with E-state index in [1.165, 1.54) is 12.1 Å². The molecule has 1 aromatic rings. The number of benzene rings is 1. The van der Waals surface area contributed by atoms with Crippen LogP contribution in [0.25, 0.3) is 0 Å². The number of nitrogens with two attached hydrogens (primary N) is 1. The second-order valence-electron chi connectivity index (χ2n) is 3.38. The highest BCUT2D eigenvalue weighted by Crippen LogP contribution is 2.08. The number of primary sulfonamides is 1. The number of hydrogen-bond donors (Lipinski definition) is 3. The number of carbonyl (C=O) groups excluding carboxylic acids is 1. The van der Waals surface area contributed by atoms with Gasteiger partial charge < -0.3 is 10.6 Å². The van der Waals surface area contributed by atoms with Gasteiger partial charge >= 0.3 is 6.03 Å². The number of sulfonamides is 1. The van der Waals surface area contributed by atoms with E-state index in [0.717, 1.165) is 5.56 Å². The summed E-state index contributed by atoms with van der Waals surface area (Å²) in [6, 6.07) is 7.12. The molecule has 0 fully saturated rings. The van der Waals surface area contributed by atoms with Crippen LogP contribution >= 0.6 is 0 Å². The van der Waals surface area contributed by atoms with Crippen molar-refractivity contribution in [2.45, 2.75) is 11.4 Å². The largest absolute Gasteiger partial charge is 0.334 e. The number of amides is 2. The van der Waals surface area contributed by atoms with Crippen LogP contribution in [0.2, 0.25) is 0 Å². The van der Waals surface area contributed by atoms with Crippen molar-refractivity contribution in [3.63, 3.8) is 0 Å². The minimum atomic E-state index is -3.70. The Labute approximate surface area is 105 Å². The molecule has 0 aromatic heterocycles. The standard InChI is InChI=1S/C10H12N4O3S/c11-5-6-13-10(15)14-7-8-1-3-9(4-2-8)18(12,16)17/h1-4H,6-7H2,(H2,12,16,17)(H2,13,14,15). The zero-order chi connectivity index (χ0) is 13.6. The molecule has 0 saturated heterocycles. The number of nitrogens with zero attached hydrogens (tertiary/aromatic N) is 1. The van der Waals surface area contributed by atoms with E-state index in [9.17, 15) is 13.2 Å². The average molecular weight is 268 g/mol. The molecule has 8 heteroatoms. The van der Waals surface area contributed by atoms with Crippen molar-refractivity contribution >= 4 is 16.1 Å². The Balaban J connectivity index is 2.55. The van der Waals surface area contributed by atoms with Crippen molar-refractivity contribution in [3.8, 4) is 6.07 Å². The summed E-state index contributed by atoms with van der Waals surface area (Å²) in [5.74, 6) is 0. The van der Waals surface area contributed by atoms with Crippen LogP contribution in [0, 0.1) is 11.3 Å². The van der Waals surface area contributed by atoms with E-state index in [1.54, 1.807) is 18.2 Å². The molecule has 4 N–H and O–H groups in total. The topological polar surface area (TPSA) is 125 Å². The van der Waals surface area contributed by atoms with Crippen molar-refractivity contribution in [3.05, 3.63) is 29.8 Å². The lowest BCUT2D eigenvalue weighted by Gasteiger charge is -2.05. The van der Waals surface area contributed by atoms with Crippen LogP contribution in [-0.4, -0.2) is 21.0 Å². The highest BCUT2D eigenvalue weighted by Gasteiger charge is 2.06. The SMILES string of the molecule is N#CCNC(=O)NCc1ccc(S(N)(=O)=O)cc1. The van der Waals surface area contributed by atoms with E-state index in [0.29, 0.717) is 0 Å². The van der Waals surface area contributed by atoms with E-state index in [1.807, 2.05) is 0 Å². The van der Waals surface area contributed by atoms with E-state index in [4.69, 9.17) is 10.4 Å². The number of nitriles is 1. The Morgan fingerprint density at radius 1 is 1.28 bits per heavy atom. The van der Waals surface area contributed by atoms with Crippen molar-refractivity contribution in [1.29, 1.82) is 5.26 Å². The monoisotopic (exact) mass is 268 g/mol. The summed E-state index contributed by atoms with van der Waals surface area (Å²) in [5, 5.41) is 18.0. The number of urea groups is 1. The summed E-state index contributed by atoms with van der Waals surface area (Å²) in [5.41, 5.74) is 0.717. The summed E-state index contributed by atoms with van der Waals surface area (Å²) >= 11 is 0. The number of nitrogens with one attached hydrogen (secondary N) is 2. The van der Waals surface area contributed by atoms with Crippen LogP contribution in [0.4, 0.5) is 4.79 Å². The minimum Gasteiger partial charge on any atom is -0.334 e. The molecule has 0 heterocycles. The van der Waals surface area contributed by atoms with Crippen molar-refractivity contribution in [2.24, 2.45) is 5.14 Å². The molecular weight excluding hydrogens is 256 g/mol. The fraction of sp³-hybridized carbons (Fsp3) is 0.200. The predicted molar refractivity (Wildman–Crippen MR) is 63.7 cm³/mol. The number of rotatable bonds is 4. The molecule has 0 unspecified atom stereocenters. The van der Waals surface area contributed by atoms with Gasteiger partial charge in [-0.25, -0.2) is 18.4 Å². The molecule has 0 radical (unpaired) electrons. The van der Waals surface area contributed by atoms with E-state index in [-0.39, 0.29) is 18.0 Å². The highest BCUT2D eigenvalue weighted by molar-refractivity contribution is 7.89. The first-order valence-corrected chi connectivity index (χ1v) is 6.48. The predicted octanol–water partition coefficient (Wildman–Crippen LogP) is -0.343. The van der Waals surface area contributed by atoms with E-state index >= 15 is 0 Å². The molecule has 7 nitrogen and oxygen atoms in total. The Kier molecular flexibility index (Phi) is 4.65. The molecule has 18 heavy (non-hydrogen) atoms. The summed E-state index contributed by atoms with van der Waals surface area (Å²) in [6.07, 6.45) is 0. The van der Waals surface area contributed by atoms with Crippen LogP contribution in [0.3, 0.4) is 0 Å². The maximum absolute atomic E-state index is 11.1. The van der Waals surface area contributed by atoms with Crippen LogP contribution in [0.1, 0.15) is 5.56 Å². The number of carbonyl (C=O) groups is 1. The molecule has 0 atom stereocenters. The fourth-order valence-electron chi connectivity index (χ4n) is 1.16. The Morgan fingerprint density at radius 2 is 1.89 bits per heavy atom. The summed E-state index contributed by atoms with van der Waals surface area (Å²) in [7, 11) is -3.70. The van der Waals surface area contributed by atoms with Gasteiger partial charge in [0, 0.05) is 6.54 Å². The molecule has 0 aliphatic heterocycles. The number of hydrogen-bond acceptors (Lipinski definition) is 4. The quantitative estimate of drug-likeness (QED) is 0.646. The van der Waals surface area contributed by atoms with Crippen LogP contribution in [-0.2, 0) is 16.6 Å². The first-order valence-electron chi connectivity index (χ1n) is 4.94. The maximum atomic E-state index is 11.1. The molecule has 1 aromatic carbocycles. The fourth-order valence-corrected chi connectivity index (χ4v) is 1.68. The van der Waals surface area contributed by atoms with Gasteiger partial charge in [-0.3, -0.25) is 0 Å². The lowest BCUT2D eigenvalue weighted by atomic mass is 10.2. The van der Waals surface area contributed by atoms with Gasteiger partial charge in [0.05, 0.1) is 11.0 Å². The van der Waals surface area contributed by atoms with Crippen LogP contribution < -0.4 is 15.8 Å². The first kappa shape index (κ1) is 14.0. The summed E-state index contributed by atoms with van der Waals surface area (Å²) in [6.45, 7) is 0.151. The zero-order valence-electron chi connectivity index (χ0n) is 9.38. The van der Waals surface area contributed by atoms with Crippen molar-refractivity contribution in [2.75, 3.05) is 6.54 Å². The Hall–Kier alpha value is -2.11. The van der Waals surface area contributed by atoms with Crippen molar-refractivity contribution < 1.29 is 13.2 Å². The van der Waals surface area contributed by atoms with Gasteiger partial charge in [0.2, 0.25) is 10.0 Å². The summed E-state index contributed by atoms with van der Waals surface area (Å²) < 4.78 is 22.0. The molecule has 0 aliphatic rings. The lowest BCUT2D eigenvalue weighted by molar-refractivity contribution is 0.241. The maximum Gasteiger partial charge on any atom is 0.315 e. The molecule has 0 saturated carbocycles. The van der Waals surface area contributed by atoms with Gasteiger partial charge in [0.1, 0.15) is 6.54 Å². The van der Waals surface area contributed by atoms with Crippen LogP contribution in [0.15, 0.2) is 29.2 Å². The average Bonchev–Trinajstić information content (AvgIpc) is 2.33. The van der Waals surface area contributed by atoms with Crippen molar-refractivity contribution in [1.82, 2.24) is 10.6 Å².